The van der Waals surface area contributed by atoms with Gasteiger partial charge in [-0.1, -0.05) is 82.3 Å². The van der Waals surface area contributed by atoms with E-state index in [1.54, 1.807) is 0 Å². The van der Waals surface area contributed by atoms with Crippen LogP contribution in [0, 0.1) is 5.92 Å². The topological polar surface area (TPSA) is 20.2 Å². The first kappa shape index (κ1) is 18.0. The van der Waals surface area contributed by atoms with Gasteiger partial charge in [-0.25, -0.2) is 0 Å². The van der Waals surface area contributed by atoms with Crippen LogP contribution in [0.1, 0.15) is 63.5 Å². The van der Waals surface area contributed by atoms with E-state index < -0.39 is 0 Å². The number of aliphatic hydroxyl groups is 1. The fourth-order valence-corrected chi connectivity index (χ4v) is 3.28. The van der Waals surface area contributed by atoms with Crippen molar-refractivity contribution in [2.24, 2.45) is 5.92 Å². The molecule has 0 radical (unpaired) electrons. The molecule has 0 aliphatic heterocycles. The second-order valence-corrected chi connectivity index (χ2v) is 6.98. The Morgan fingerprint density at radius 2 is 1.74 bits per heavy atom. The average molecular weight is 312 g/mol. The molecule has 1 unspecified atom stereocenters. The first-order valence-electron chi connectivity index (χ1n) is 9.36. The van der Waals surface area contributed by atoms with Gasteiger partial charge in [-0.15, -0.1) is 0 Å². The molecule has 1 heteroatoms. The van der Waals surface area contributed by atoms with Gasteiger partial charge in [0, 0.05) is 6.61 Å². The minimum atomic E-state index is 0.256. The van der Waals surface area contributed by atoms with Crippen LogP contribution in [0.2, 0.25) is 0 Å². The fraction of sp³-hybridized carbons (Fsp3) is 0.545. The van der Waals surface area contributed by atoms with Gasteiger partial charge in [0.05, 0.1) is 0 Å². The molecule has 23 heavy (non-hydrogen) atoms. The van der Waals surface area contributed by atoms with Gasteiger partial charge in [-0.05, 0) is 47.1 Å². The molecule has 0 heterocycles. The number of hydrogen-bond donors (Lipinski definition) is 1. The van der Waals surface area contributed by atoms with Crippen LogP contribution in [0.15, 0.2) is 36.4 Å². The summed E-state index contributed by atoms with van der Waals surface area (Å²) in [6, 6.07) is 13.5. The summed E-state index contributed by atoms with van der Waals surface area (Å²) in [5, 5.41) is 12.0. The molecule has 2 rings (SSSR count). The van der Waals surface area contributed by atoms with E-state index in [4.69, 9.17) is 0 Å². The molecule has 126 valence electrons. The molecular weight excluding hydrogens is 280 g/mol. The number of hydrogen-bond acceptors (Lipinski definition) is 1. The third-order valence-corrected chi connectivity index (χ3v) is 4.73. The largest absolute Gasteiger partial charge is 0.396 e. The van der Waals surface area contributed by atoms with Crippen LogP contribution in [-0.2, 0) is 12.8 Å². The highest BCUT2D eigenvalue weighted by molar-refractivity contribution is 5.86. The molecule has 0 saturated heterocycles. The van der Waals surface area contributed by atoms with Crippen LogP contribution < -0.4 is 0 Å². The minimum Gasteiger partial charge on any atom is -0.396 e. The van der Waals surface area contributed by atoms with Crippen molar-refractivity contribution in [2.45, 2.75) is 65.2 Å². The number of aryl methyl sites for hydroxylation is 1. The third kappa shape index (κ3) is 5.66. The average Bonchev–Trinajstić information content (AvgIpc) is 2.58. The van der Waals surface area contributed by atoms with Gasteiger partial charge in [0.1, 0.15) is 0 Å². The van der Waals surface area contributed by atoms with E-state index in [0.29, 0.717) is 5.92 Å². The summed E-state index contributed by atoms with van der Waals surface area (Å²) in [5.74, 6) is 0.323. The maximum absolute atomic E-state index is 9.29. The monoisotopic (exact) mass is 312 g/mol. The summed E-state index contributed by atoms with van der Waals surface area (Å²) >= 11 is 0. The quantitative estimate of drug-likeness (QED) is 0.540. The Morgan fingerprint density at radius 1 is 0.957 bits per heavy atom. The number of fused-ring (bicyclic) bond motifs is 1. The molecule has 2 aromatic carbocycles. The molecule has 0 fully saturated rings. The van der Waals surface area contributed by atoms with E-state index in [1.807, 2.05) is 0 Å². The van der Waals surface area contributed by atoms with Gasteiger partial charge in [-0.3, -0.25) is 0 Å². The van der Waals surface area contributed by atoms with Crippen LogP contribution in [-0.4, -0.2) is 11.7 Å². The first-order valence-corrected chi connectivity index (χ1v) is 9.36. The summed E-state index contributed by atoms with van der Waals surface area (Å²) in [7, 11) is 0. The van der Waals surface area contributed by atoms with Gasteiger partial charge in [-0.2, -0.15) is 0 Å². The van der Waals surface area contributed by atoms with Crippen molar-refractivity contribution >= 4 is 10.8 Å². The zero-order valence-corrected chi connectivity index (χ0v) is 14.9. The normalized spacial score (nSPS) is 12.7. The lowest BCUT2D eigenvalue weighted by Crippen LogP contribution is -2.04. The molecule has 1 nitrogen and oxygen atoms in total. The second kappa shape index (κ2) is 9.72. The van der Waals surface area contributed by atoms with Gasteiger partial charge < -0.3 is 5.11 Å². The lowest BCUT2D eigenvalue weighted by molar-refractivity contribution is 0.237. The lowest BCUT2D eigenvalue weighted by Gasteiger charge is -2.12. The van der Waals surface area contributed by atoms with E-state index in [0.717, 1.165) is 6.42 Å². The maximum atomic E-state index is 9.29. The van der Waals surface area contributed by atoms with Crippen LogP contribution in [0.3, 0.4) is 0 Å². The third-order valence-electron chi connectivity index (χ3n) is 4.73. The highest BCUT2D eigenvalue weighted by atomic mass is 16.3. The van der Waals surface area contributed by atoms with Crippen molar-refractivity contribution in [2.75, 3.05) is 6.61 Å². The molecule has 0 aliphatic rings. The maximum Gasteiger partial charge on any atom is 0.0459 e. The first-order chi connectivity index (χ1) is 11.2. The summed E-state index contributed by atoms with van der Waals surface area (Å²) in [6.45, 7) is 4.63. The Kier molecular flexibility index (Phi) is 7.61. The summed E-state index contributed by atoms with van der Waals surface area (Å²) in [5.41, 5.74) is 2.82. The zero-order valence-electron chi connectivity index (χ0n) is 14.9. The standard InChI is InChI=1S/C22H32O/c1-3-4-5-6-7-8-10-19-13-14-22-20(15-18(2)17-23)11-9-12-21(22)16-19/h9,11-14,16,18,23H,3-8,10,15,17H2,1-2H3. The van der Waals surface area contributed by atoms with Crippen LogP contribution in [0.4, 0.5) is 0 Å². The molecule has 0 aromatic heterocycles. The predicted octanol–water partition coefficient (Wildman–Crippen LogP) is 5.91. The highest BCUT2D eigenvalue weighted by Crippen LogP contribution is 2.23. The molecule has 0 amide bonds. The molecule has 1 N–H and O–H groups in total. The molecule has 1 atom stereocenters. The second-order valence-electron chi connectivity index (χ2n) is 6.98. The number of benzene rings is 2. The molecular formula is C22H32O. The fourth-order valence-electron chi connectivity index (χ4n) is 3.28. The number of aliphatic hydroxyl groups excluding tert-OH is 1. The Hall–Kier alpha value is -1.34. The van der Waals surface area contributed by atoms with E-state index in [2.05, 4.69) is 50.2 Å². The predicted molar refractivity (Wildman–Crippen MR) is 101 cm³/mol. The van der Waals surface area contributed by atoms with Crippen LogP contribution in [0.5, 0.6) is 0 Å². The Labute approximate surface area is 141 Å². The Bertz CT molecular complexity index is 588. The molecule has 0 aliphatic carbocycles. The van der Waals surface area contributed by atoms with Crippen LogP contribution in [0.25, 0.3) is 10.8 Å². The van der Waals surface area contributed by atoms with Gasteiger partial charge in [0.25, 0.3) is 0 Å². The Balaban J connectivity index is 1.96. The highest BCUT2D eigenvalue weighted by Gasteiger charge is 2.06. The number of unbranched alkanes of at least 4 members (excludes halogenated alkanes) is 5. The Morgan fingerprint density at radius 3 is 2.52 bits per heavy atom. The summed E-state index contributed by atoms with van der Waals surface area (Å²) in [4.78, 5) is 0. The summed E-state index contributed by atoms with van der Waals surface area (Å²) in [6.07, 6.45) is 10.3. The van der Waals surface area contributed by atoms with Crippen molar-refractivity contribution < 1.29 is 5.11 Å². The van der Waals surface area contributed by atoms with Crippen molar-refractivity contribution in [3.05, 3.63) is 47.5 Å². The van der Waals surface area contributed by atoms with E-state index in [1.165, 1.54) is 66.8 Å². The molecule has 0 spiro atoms. The SMILES string of the molecule is CCCCCCCCc1ccc2c(CC(C)CO)cccc2c1. The van der Waals surface area contributed by atoms with Crippen molar-refractivity contribution in [3.8, 4) is 0 Å². The molecule has 0 bridgehead atoms. The van der Waals surface area contributed by atoms with Crippen molar-refractivity contribution in [3.63, 3.8) is 0 Å². The molecule has 2 aromatic rings. The van der Waals surface area contributed by atoms with E-state index in [9.17, 15) is 5.11 Å². The van der Waals surface area contributed by atoms with Gasteiger partial charge in [0.2, 0.25) is 0 Å². The molecule has 0 saturated carbocycles. The zero-order chi connectivity index (χ0) is 16.5. The van der Waals surface area contributed by atoms with Crippen LogP contribution >= 0.6 is 0 Å². The van der Waals surface area contributed by atoms with E-state index in [-0.39, 0.29) is 6.61 Å². The van der Waals surface area contributed by atoms with Crippen molar-refractivity contribution in [1.82, 2.24) is 0 Å². The summed E-state index contributed by atoms with van der Waals surface area (Å²) < 4.78 is 0. The van der Waals surface area contributed by atoms with Crippen molar-refractivity contribution in [1.29, 1.82) is 0 Å². The number of rotatable bonds is 10. The van der Waals surface area contributed by atoms with E-state index >= 15 is 0 Å². The lowest BCUT2D eigenvalue weighted by atomic mass is 9.94. The van der Waals surface area contributed by atoms with Gasteiger partial charge >= 0.3 is 0 Å². The smallest absolute Gasteiger partial charge is 0.0459 e. The minimum absolute atomic E-state index is 0.256. The van der Waals surface area contributed by atoms with Gasteiger partial charge in [0.15, 0.2) is 0 Å².